The van der Waals surface area contributed by atoms with Crippen molar-refractivity contribution in [1.29, 1.82) is 0 Å². The predicted octanol–water partition coefficient (Wildman–Crippen LogP) is 2.84. The molecule has 0 bridgehead atoms. The average molecular weight is 440 g/mol. The Morgan fingerprint density at radius 1 is 1.20 bits per heavy atom. The van der Waals surface area contributed by atoms with Crippen LogP contribution in [0, 0.1) is 5.92 Å². The van der Waals surface area contributed by atoms with E-state index >= 15 is 0 Å². The monoisotopic (exact) mass is 439 g/mol. The lowest BCUT2D eigenvalue weighted by atomic mass is 9.96. The Bertz CT molecular complexity index is 778. The first-order valence-electron chi connectivity index (χ1n) is 9.98. The van der Waals surface area contributed by atoms with Gasteiger partial charge in [-0.3, -0.25) is 9.59 Å². The highest BCUT2D eigenvalue weighted by atomic mass is 35.5. The number of benzene rings is 1. The van der Waals surface area contributed by atoms with Gasteiger partial charge in [-0.1, -0.05) is 11.6 Å². The van der Waals surface area contributed by atoms with Gasteiger partial charge in [-0.2, -0.15) is 0 Å². The van der Waals surface area contributed by atoms with Crippen molar-refractivity contribution in [1.82, 2.24) is 15.5 Å². The van der Waals surface area contributed by atoms with Gasteiger partial charge in [0.05, 0.1) is 18.6 Å². The van der Waals surface area contributed by atoms with Crippen molar-refractivity contribution in [2.75, 3.05) is 33.3 Å². The van der Waals surface area contributed by atoms with Crippen LogP contribution in [0.4, 0.5) is 4.79 Å². The second kappa shape index (κ2) is 10.5. The van der Waals surface area contributed by atoms with Crippen molar-refractivity contribution < 1.29 is 23.9 Å². The molecule has 2 N–H and O–H groups in total. The number of hydrogen-bond donors (Lipinski definition) is 2. The Morgan fingerprint density at radius 2 is 1.90 bits per heavy atom. The minimum Gasteiger partial charge on any atom is -0.496 e. The van der Waals surface area contributed by atoms with Crippen LogP contribution in [0.2, 0.25) is 5.02 Å². The number of rotatable bonds is 6. The Morgan fingerprint density at radius 3 is 2.57 bits per heavy atom. The van der Waals surface area contributed by atoms with E-state index in [1.807, 2.05) is 0 Å². The number of amides is 3. The largest absolute Gasteiger partial charge is 0.496 e. The summed E-state index contributed by atoms with van der Waals surface area (Å²) in [6, 6.07) is 4.87. The van der Waals surface area contributed by atoms with Crippen LogP contribution in [0.5, 0.6) is 5.75 Å². The Hall–Kier alpha value is -2.48. The number of nitrogens with one attached hydrogen (secondary N) is 2. The number of carbonyl (C=O) groups excluding carboxylic acids is 3. The Kier molecular flexibility index (Phi) is 8.34. The van der Waals surface area contributed by atoms with E-state index in [2.05, 4.69) is 10.6 Å². The molecule has 1 aromatic rings. The van der Waals surface area contributed by atoms with Crippen LogP contribution in [-0.2, 0) is 9.53 Å². The topological polar surface area (TPSA) is 97.0 Å². The zero-order valence-electron chi connectivity index (χ0n) is 17.9. The summed E-state index contributed by atoms with van der Waals surface area (Å²) in [7, 11) is 1.49. The minimum atomic E-state index is -0.571. The molecule has 1 unspecified atom stereocenters. The molecule has 0 saturated carbocycles. The standard InChI is InChI=1S/C21H30ClN3O5/c1-21(2,3)30-20(28)24-10-9-23-18(26)14-6-5-11-25(13-14)19(27)16-8-7-15(22)12-17(16)29-4/h7-8,12,14H,5-6,9-11,13H2,1-4H3,(H,23,26)(H,24,28). The molecule has 1 aromatic carbocycles. The molecule has 30 heavy (non-hydrogen) atoms. The maximum absolute atomic E-state index is 12.9. The molecule has 9 heteroatoms. The number of nitrogens with zero attached hydrogens (tertiary/aromatic N) is 1. The van der Waals surface area contributed by atoms with Crippen molar-refractivity contribution in [2.45, 2.75) is 39.2 Å². The number of likely N-dealkylation sites (tertiary alicyclic amines) is 1. The van der Waals surface area contributed by atoms with Gasteiger partial charge >= 0.3 is 6.09 Å². The summed E-state index contributed by atoms with van der Waals surface area (Å²) in [6.07, 6.45) is 0.908. The fourth-order valence-electron chi connectivity index (χ4n) is 3.20. The van der Waals surface area contributed by atoms with Crippen molar-refractivity contribution in [2.24, 2.45) is 5.92 Å². The second-order valence-corrected chi connectivity index (χ2v) is 8.59. The zero-order chi connectivity index (χ0) is 22.3. The summed E-state index contributed by atoms with van der Waals surface area (Å²) in [6.45, 7) is 6.80. The molecule has 1 heterocycles. The smallest absolute Gasteiger partial charge is 0.407 e. The average Bonchev–Trinajstić information content (AvgIpc) is 2.69. The van der Waals surface area contributed by atoms with Crippen molar-refractivity contribution in [3.63, 3.8) is 0 Å². The highest BCUT2D eigenvalue weighted by molar-refractivity contribution is 6.30. The highest BCUT2D eigenvalue weighted by Gasteiger charge is 2.30. The number of piperidine rings is 1. The van der Waals surface area contributed by atoms with E-state index in [9.17, 15) is 14.4 Å². The second-order valence-electron chi connectivity index (χ2n) is 8.15. The molecule has 166 valence electrons. The third kappa shape index (κ3) is 7.09. The number of alkyl carbamates (subject to hydrolysis) is 1. The number of carbonyl (C=O) groups is 3. The van der Waals surface area contributed by atoms with E-state index in [1.54, 1.807) is 43.9 Å². The van der Waals surface area contributed by atoms with Crippen molar-refractivity contribution >= 4 is 29.5 Å². The van der Waals surface area contributed by atoms with E-state index in [4.69, 9.17) is 21.1 Å². The maximum atomic E-state index is 12.9. The SMILES string of the molecule is COc1cc(Cl)ccc1C(=O)N1CCCC(C(=O)NCCNC(=O)OC(C)(C)C)C1. The summed E-state index contributed by atoms with van der Waals surface area (Å²) in [5.74, 6) is -0.219. The van der Waals surface area contributed by atoms with Crippen LogP contribution in [0.3, 0.4) is 0 Å². The molecule has 2 rings (SSSR count). The molecule has 0 spiro atoms. The predicted molar refractivity (Wildman–Crippen MR) is 114 cm³/mol. The fourth-order valence-corrected chi connectivity index (χ4v) is 3.36. The molecule has 0 aliphatic carbocycles. The van der Waals surface area contributed by atoms with Gasteiger partial charge in [0.2, 0.25) is 5.91 Å². The number of halogens is 1. The number of methoxy groups -OCH3 is 1. The van der Waals surface area contributed by atoms with Crippen LogP contribution in [0.15, 0.2) is 18.2 Å². The van der Waals surface area contributed by atoms with E-state index in [0.29, 0.717) is 35.8 Å². The fraction of sp³-hybridized carbons (Fsp3) is 0.571. The van der Waals surface area contributed by atoms with Crippen LogP contribution in [0.25, 0.3) is 0 Å². The van der Waals surface area contributed by atoms with Crippen molar-refractivity contribution in [3.8, 4) is 5.75 Å². The first-order chi connectivity index (χ1) is 14.1. The van der Waals surface area contributed by atoms with Crippen LogP contribution >= 0.6 is 11.6 Å². The number of ether oxygens (including phenoxy) is 2. The van der Waals surface area contributed by atoms with E-state index in [1.165, 1.54) is 7.11 Å². The van der Waals surface area contributed by atoms with Gasteiger partial charge in [-0.05, 0) is 51.8 Å². The molecule has 3 amide bonds. The summed E-state index contributed by atoms with van der Waals surface area (Å²) >= 11 is 5.97. The van der Waals surface area contributed by atoms with Gasteiger partial charge in [0.25, 0.3) is 5.91 Å². The van der Waals surface area contributed by atoms with Gasteiger partial charge in [-0.15, -0.1) is 0 Å². The first-order valence-corrected chi connectivity index (χ1v) is 10.4. The lowest BCUT2D eigenvalue weighted by molar-refractivity contribution is -0.126. The molecule has 1 aliphatic heterocycles. The quantitative estimate of drug-likeness (QED) is 0.664. The number of hydrogen-bond acceptors (Lipinski definition) is 5. The minimum absolute atomic E-state index is 0.137. The molecule has 8 nitrogen and oxygen atoms in total. The highest BCUT2D eigenvalue weighted by Crippen LogP contribution is 2.26. The van der Waals surface area contributed by atoms with Crippen molar-refractivity contribution in [3.05, 3.63) is 28.8 Å². The molecule has 0 radical (unpaired) electrons. The first kappa shape index (κ1) is 23.8. The Labute approximate surface area is 182 Å². The lowest BCUT2D eigenvalue weighted by Gasteiger charge is -2.32. The molecule has 1 saturated heterocycles. The van der Waals surface area contributed by atoms with E-state index in [0.717, 1.165) is 6.42 Å². The molecular weight excluding hydrogens is 410 g/mol. The summed E-state index contributed by atoms with van der Waals surface area (Å²) in [4.78, 5) is 38.7. The normalized spacial score (nSPS) is 16.6. The van der Waals surface area contributed by atoms with Gasteiger partial charge in [0.1, 0.15) is 11.4 Å². The third-order valence-corrected chi connectivity index (χ3v) is 4.80. The van der Waals surface area contributed by atoms with Gasteiger partial charge < -0.3 is 25.0 Å². The van der Waals surface area contributed by atoms with Crippen LogP contribution in [-0.4, -0.2) is 61.7 Å². The van der Waals surface area contributed by atoms with E-state index < -0.39 is 11.7 Å². The molecule has 1 fully saturated rings. The third-order valence-electron chi connectivity index (χ3n) is 4.57. The van der Waals surface area contributed by atoms with Gasteiger partial charge in [0.15, 0.2) is 0 Å². The summed E-state index contributed by atoms with van der Waals surface area (Å²) in [5.41, 5.74) is -0.150. The Balaban J connectivity index is 1.85. The van der Waals surface area contributed by atoms with Gasteiger partial charge in [0, 0.05) is 31.2 Å². The molecule has 1 atom stereocenters. The molecule has 0 aromatic heterocycles. The van der Waals surface area contributed by atoms with Crippen LogP contribution < -0.4 is 15.4 Å². The summed E-state index contributed by atoms with van der Waals surface area (Å²) < 4.78 is 10.4. The zero-order valence-corrected chi connectivity index (χ0v) is 18.7. The van der Waals surface area contributed by atoms with E-state index in [-0.39, 0.29) is 30.8 Å². The van der Waals surface area contributed by atoms with Gasteiger partial charge in [-0.25, -0.2) is 4.79 Å². The lowest BCUT2D eigenvalue weighted by Crippen LogP contribution is -2.46. The maximum Gasteiger partial charge on any atom is 0.407 e. The molecular formula is C21H30ClN3O5. The summed E-state index contributed by atoms with van der Waals surface area (Å²) in [5, 5.41) is 5.89. The van der Waals surface area contributed by atoms with Crippen LogP contribution in [0.1, 0.15) is 44.0 Å². The molecule has 1 aliphatic rings.